The highest BCUT2D eigenvalue weighted by Crippen LogP contribution is 2.51. The van der Waals surface area contributed by atoms with Crippen molar-refractivity contribution in [2.45, 2.75) is 32.6 Å². The van der Waals surface area contributed by atoms with E-state index in [9.17, 15) is 0 Å². The maximum Gasteiger partial charge on any atom is 0.0542 e. The van der Waals surface area contributed by atoms with Crippen LogP contribution in [0.15, 0.2) is 152 Å². The summed E-state index contributed by atoms with van der Waals surface area (Å²) in [6.45, 7) is 7.04. The van der Waals surface area contributed by atoms with Gasteiger partial charge in [0, 0.05) is 38.9 Å². The van der Waals surface area contributed by atoms with Crippen molar-refractivity contribution < 1.29 is 0 Å². The predicted octanol–water partition coefficient (Wildman–Crippen LogP) is 12.9. The molecular formula is C48H38N2. The van der Waals surface area contributed by atoms with Crippen molar-refractivity contribution in [3.05, 3.63) is 174 Å². The number of benzene rings is 7. The number of hydrogen-bond acceptors (Lipinski definition) is 1. The summed E-state index contributed by atoms with van der Waals surface area (Å²) >= 11 is 0. The van der Waals surface area contributed by atoms with E-state index < -0.39 is 0 Å². The maximum absolute atomic E-state index is 2.51. The van der Waals surface area contributed by atoms with Gasteiger partial charge in [-0.25, -0.2) is 0 Å². The molecule has 8 aromatic rings. The molecule has 240 valence electrons. The summed E-state index contributed by atoms with van der Waals surface area (Å²) in [6, 6.07) is 54.2. The van der Waals surface area contributed by atoms with Crippen LogP contribution in [0.5, 0.6) is 0 Å². The van der Waals surface area contributed by atoms with Gasteiger partial charge in [0.15, 0.2) is 0 Å². The molecule has 1 unspecified atom stereocenters. The van der Waals surface area contributed by atoms with E-state index >= 15 is 0 Å². The summed E-state index contributed by atoms with van der Waals surface area (Å²) in [5.74, 6) is 0.487. The first-order chi connectivity index (χ1) is 24.5. The molecule has 2 heteroatoms. The molecule has 1 atom stereocenters. The molecule has 2 aliphatic carbocycles. The minimum atomic E-state index is -0.0368. The Morgan fingerprint density at radius 2 is 1.34 bits per heavy atom. The molecular weight excluding hydrogens is 605 g/mol. The van der Waals surface area contributed by atoms with Gasteiger partial charge >= 0.3 is 0 Å². The first-order valence-corrected chi connectivity index (χ1v) is 17.8. The molecule has 7 aromatic carbocycles. The second kappa shape index (κ2) is 10.8. The average Bonchev–Trinajstić information content (AvgIpc) is 3.60. The number of para-hydroxylation sites is 1. The minimum Gasteiger partial charge on any atom is -0.310 e. The number of hydrogen-bond donors (Lipinski definition) is 0. The topological polar surface area (TPSA) is 8.17 Å². The second-order valence-electron chi connectivity index (χ2n) is 14.7. The van der Waals surface area contributed by atoms with Gasteiger partial charge in [0.1, 0.15) is 0 Å². The highest BCUT2D eigenvalue weighted by molar-refractivity contribution is 6.11. The number of nitrogens with zero attached hydrogens (tertiary/aromatic N) is 2. The molecule has 0 amide bonds. The number of fused-ring (bicyclic) bond motifs is 8. The van der Waals surface area contributed by atoms with Crippen molar-refractivity contribution in [2.24, 2.45) is 5.92 Å². The molecule has 0 bridgehead atoms. The Morgan fingerprint density at radius 3 is 2.26 bits per heavy atom. The molecule has 2 nitrogen and oxygen atoms in total. The van der Waals surface area contributed by atoms with Gasteiger partial charge in [-0.1, -0.05) is 124 Å². The summed E-state index contributed by atoms with van der Waals surface area (Å²) in [4.78, 5) is 2.51. The average molecular weight is 643 g/mol. The van der Waals surface area contributed by atoms with Crippen molar-refractivity contribution >= 4 is 55.7 Å². The van der Waals surface area contributed by atoms with Crippen molar-refractivity contribution in [3.8, 4) is 16.8 Å². The molecule has 0 N–H and O–H groups in total. The van der Waals surface area contributed by atoms with E-state index in [2.05, 4.69) is 188 Å². The van der Waals surface area contributed by atoms with E-state index in [1.807, 2.05) is 0 Å². The van der Waals surface area contributed by atoms with Crippen LogP contribution < -0.4 is 4.90 Å². The predicted molar refractivity (Wildman–Crippen MR) is 212 cm³/mol. The highest BCUT2D eigenvalue weighted by Gasteiger charge is 2.35. The Hall–Kier alpha value is -5.86. The van der Waals surface area contributed by atoms with Crippen molar-refractivity contribution in [2.75, 3.05) is 4.90 Å². The summed E-state index contributed by atoms with van der Waals surface area (Å²) in [5, 5.41) is 5.01. The van der Waals surface area contributed by atoms with E-state index in [0.29, 0.717) is 5.92 Å². The lowest BCUT2D eigenvalue weighted by Gasteiger charge is -2.31. The zero-order valence-corrected chi connectivity index (χ0v) is 28.7. The molecule has 0 saturated heterocycles. The third-order valence-electron chi connectivity index (χ3n) is 11.3. The SMILES string of the molecule is CC1C=Cc2cccc(N(c3ccc4c(c3)-c3ccccc3C4(C)C)c3ccc4c(c3)c3ccccc3n4-c3ccc4ccccc4c3)c2C1. The van der Waals surface area contributed by atoms with E-state index in [0.717, 1.165) is 6.42 Å². The lowest BCUT2D eigenvalue weighted by atomic mass is 9.82. The van der Waals surface area contributed by atoms with Crippen molar-refractivity contribution in [3.63, 3.8) is 0 Å². The standard InChI is InChI=1S/C48H38N2/c1-31-19-20-33-13-10-18-46(40(33)27-31)49(36-23-25-44-41(29-36)38-14-6-8-16-43(38)48(44,2)3)37-24-26-47-42(30-37)39-15-7-9-17-45(39)50(47)35-22-21-32-11-4-5-12-34(32)28-35/h4-26,28-31H,27H2,1-3H3. The summed E-state index contributed by atoms with van der Waals surface area (Å²) in [6.07, 6.45) is 5.68. The molecule has 0 fully saturated rings. The zero-order valence-electron chi connectivity index (χ0n) is 28.7. The van der Waals surface area contributed by atoms with Gasteiger partial charge in [-0.15, -0.1) is 0 Å². The van der Waals surface area contributed by atoms with Gasteiger partial charge in [0.05, 0.1) is 11.0 Å². The van der Waals surface area contributed by atoms with Crippen LogP contribution in [0.1, 0.15) is 43.0 Å². The van der Waals surface area contributed by atoms with Crippen LogP contribution in [0.4, 0.5) is 17.1 Å². The van der Waals surface area contributed by atoms with Crippen molar-refractivity contribution in [1.82, 2.24) is 4.57 Å². The van der Waals surface area contributed by atoms with Crippen LogP contribution in [-0.2, 0) is 11.8 Å². The highest BCUT2D eigenvalue weighted by atomic mass is 15.1. The molecule has 1 aromatic heterocycles. The lowest BCUT2D eigenvalue weighted by Crippen LogP contribution is -2.17. The lowest BCUT2D eigenvalue weighted by molar-refractivity contribution is 0.660. The van der Waals surface area contributed by atoms with E-state index in [1.165, 1.54) is 88.7 Å². The minimum absolute atomic E-state index is 0.0368. The fraction of sp³-hybridized carbons (Fsp3) is 0.125. The van der Waals surface area contributed by atoms with Crippen LogP contribution in [-0.4, -0.2) is 4.57 Å². The molecule has 1 heterocycles. The van der Waals surface area contributed by atoms with Crippen molar-refractivity contribution in [1.29, 1.82) is 0 Å². The Balaban J connectivity index is 1.22. The molecule has 2 aliphatic rings. The molecule has 0 saturated carbocycles. The van der Waals surface area contributed by atoms with Crippen LogP contribution in [0.2, 0.25) is 0 Å². The quantitative estimate of drug-likeness (QED) is 0.185. The van der Waals surface area contributed by atoms with E-state index in [-0.39, 0.29) is 5.41 Å². The fourth-order valence-electron chi connectivity index (χ4n) is 8.81. The van der Waals surface area contributed by atoms with Gasteiger partial charge in [0.25, 0.3) is 0 Å². The second-order valence-corrected chi connectivity index (χ2v) is 14.7. The maximum atomic E-state index is 2.51. The monoisotopic (exact) mass is 642 g/mol. The summed E-state index contributed by atoms with van der Waals surface area (Å²) in [5.41, 5.74) is 15.4. The van der Waals surface area contributed by atoms with Gasteiger partial charge in [-0.2, -0.15) is 0 Å². The third kappa shape index (κ3) is 4.28. The molecule has 0 spiro atoms. The summed E-state index contributed by atoms with van der Waals surface area (Å²) < 4.78 is 2.43. The summed E-state index contributed by atoms with van der Waals surface area (Å²) in [7, 11) is 0. The Labute approximate surface area is 293 Å². The fourth-order valence-corrected chi connectivity index (χ4v) is 8.81. The van der Waals surface area contributed by atoms with Gasteiger partial charge in [-0.05, 0) is 111 Å². The third-order valence-corrected chi connectivity index (χ3v) is 11.3. The van der Waals surface area contributed by atoms with Gasteiger partial charge in [-0.3, -0.25) is 0 Å². The molecule has 0 aliphatic heterocycles. The van der Waals surface area contributed by atoms with Crippen LogP contribution in [0.3, 0.4) is 0 Å². The first kappa shape index (κ1) is 29.1. The van der Waals surface area contributed by atoms with Crippen LogP contribution in [0.25, 0.3) is 55.5 Å². The van der Waals surface area contributed by atoms with Crippen LogP contribution >= 0.6 is 0 Å². The number of anilines is 3. The van der Waals surface area contributed by atoms with Gasteiger partial charge in [0.2, 0.25) is 0 Å². The Bertz CT molecular complexity index is 2690. The normalized spacial score (nSPS) is 15.7. The van der Waals surface area contributed by atoms with Gasteiger partial charge < -0.3 is 9.47 Å². The first-order valence-electron chi connectivity index (χ1n) is 17.8. The zero-order chi connectivity index (χ0) is 33.6. The Morgan fingerprint density at radius 1 is 0.600 bits per heavy atom. The van der Waals surface area contributed by atoms with Crippen LogP contribution in [0, 0.1) is 5.92 Å². The van der Waals surface area contributed by atoms with E-state index in [4.69, 9.17) is 0 Å². The smallest absolute Gasteiger partial charge is 0.0542 e. The Kier molecular flexibility index (Phi) is 6.30. The molecule has 10 rings (SSSR count). The molecule has 50 heavy (non-hydrogen) atoms. The van der Waals surface area contributed by atoms with E-state index in [1.54, 1.807) is 0 Å². The number of allylic oxidation sites excluding steroid dienone is 1. The molecule has 0 radical (unpaired) electrons. The number of aromatic nitrogens is 1. The number of rotatable bonds is 4. The largest absolute Gasteiger partial charge is 0.310 e.